The highest BCUT2D eigenvalue weighted by Gasteiger charge is 2.32. The zero-order valence-corrected chi connectivity index (χ0v) is 10.9. The Morgan fingerprint density at radius 1 is 1.50 bits per heavy atom. The van der Waals surface area contributed by atoms with Crippen LogP contribution in [0.1, 0.15) is 42.9 Å². The van der Waals surface area contributed by atoms with E-state index in [1.54, 1.807) is 4.52 Å². The predicted octanol–water partition coefficient (Wildman–Crippen LogP) is 1.72. The summed E-state index contributed by atoms with van der Waals surface area (Å²) in [5, 5.41) is 22.7. The smallest absolute Gasteiger partial charge is 0.306 e. The Hall–Kier alpha value is -1.50. The van der Waals surface area contributed by atoms with Crippen LogP contribution in [0, 0.1) is 5.92 Å². The Morgan fingerprint density at radius 2 is 2.33 bits per heavy atom. The van der Waals surface area contributed by atoms with Crippen LogP contribution in [0.15, 0.2) is 0 Å². The number of fused-ring (bicyclic) bond motifs is 1. The molecule has 1 aliphatic carbocycles. The SMILES string of the molecule is CCc1nnc2sc(C3CCC(C(=O)O)C3)nn12. The molecule has 2 heterocycles. The van der Waals surface area contributed by atoms with E-state index in [-0.39, 0.29) is 11.8 Å². The summed E-state index contributed by atoms with van der Waals surface area (Å²) >= 11 is 1.53. The molecular formula is C11H14N4O2S. The number of carboxylic acid groups (broad SMARTS) is 1. The van der Waals surface area contributed by atoms with E-state index in [0.29, 0.717) is 6.42 Å². The highest BCUT2D eigenvalue weighted by molar-refractivity contribution is 7.16. The molecule has 0 aliphatic heterocycles. The van der Waals surface area contributed by atoms with Crippen molar-refractivity contribution in [3.8, 4) is 0 Å². The molecule has 2 atom stereocenters. The lowest BCUT2D eigenvalue weighted by molar-refractivity contribution is -0.141. The van der Waals surface area contributed by atoms with Gasteiger partial charge < -0.3 is 5.11 Å². The van der Waals surface area contributed by atoms with E-state index in [9.17, 15) is 4.79 Å². The molecule has 1 N–H and O–H groups in total. The quantitative estimate of drug-likeness (QED) is 0.914. The molecular weight excluding hydrogens is 252 g/mol. The molecule has 2 aromatic heterocycles. The van der Waals surface area contributed by atoms with E-state index in [0.717, 1.165) is 35.1 Å². The second-order valence-electron chi connectivity index (χ2n) is 4.65. The van der Waals surface area contributed by atoms with Crippen LogP contribution in [-0.4, -0.2) is 30.9 Å². The minimum atomic E-state index is -0.685. The van der Waals surface area contributed by atoms with Gasteiger partial charge in [-0.15, -0.1) is 10.2 Å². The van der Waals surface area contributed by atoms with E-state index in [1.165, 1.54) is 11.3 Å². The lowest BCUT2D eigenvalue weighted by Crippen LogP contribution is -2.09. The van der Waals surface area contributed by atoms with Gasteiger partial charge in [0.15, 0.2) is 5.82 Å². The number of hydrogen-bond acceptors (Lipinski definition) is 5. The molecule has 0 amide bonds. The molecule has 1 aliphatic rings. The molecule has 2 aromatic rings. The molecule has 3 rings (SSSR count). The first-order valence-corrected chi connectivity index (χ1v) is 6.94. The molecule has 1 fully saturated rings. The number of aliphatic carboxylic acids is 1. The first kappa shape index (κ1) is 11.6. The van der Waals surface area contributed by atoms with Gasteiger partial charge in [-0.3, -0.25) is 4.79 Å². The van der Waals surface area contributed by atoms with Crippen molar-refractivity contribution in [2.75, 3.05) is 0 Å². The molecule has 0 bridgehead atoms. The zero-order chi connectivity index (χ0) is 12.7. The number of rotatable bonds is 3. The minimum Gasteiger partial charge on any atom is -0.481 e. The second kappa shape index (κ2) is 4.31. The van der Waals surface area contributed by atoms with Crippen molar-refractivity contribution < 1.29 is 9.90 Å². The van der Waals surface area contributed by atoms with Gasteiger partial charge in [-0.2, -0.15) is 9.61 Å². The van der Waals surface area contributed by atoms with E-state index >= 15 is 0 Å². The van der Waals surface area contributed by atoms with Gasteiger partial charge in [0.2, 0.25) is 4.96 Å². The van der Waals surface area contributed by atoms with Crippen LogP contribution in [0.5, 0.6) is 0 Å². The summed E-state index contributed by atoms with van der Waals surface area (Å²) in [7, 11) is 0. The normalized spacial score (nSPS) is 23.8. The largest absolute Gasteiger partial charge is 0.481 e. The third-order valence-electron chi connectivity index (χ3n) is 3.52. The fourth-order valence-corrected chi connectivity index (χ4v) is 3.49. The fourth-order valence-electron chi connectivity index (χ4n) is 2.49. The van der Waals surface area contributed by atoms with Crippen LogP contribution < -0.4 is 0 Å². The highest BCUT2D eigenvalue weighted by atomic mass is 32.1. The summed E-state index contributed by atoms with van der Waals surface area (Å²) in [6, 6.07) is 0. The zero-order valence-electron chi connectivity index (χ0n) is 10.0. The van der Waals surface area contributed by atoms with Crippen molar-refractivity contribution >= 4 is 22.3 Å². The summed E-state index contributed by atoms with van der Waals surface area (Å²) in [6.45, 7) is 2.02. The van der Waals surface area contributed by atoms with E-state index in [4.69, 9.17) is 5.11 Å². The maximum absolute atomic E-state index is 11.0. The van der Waals surface area contributed by atoms with Crippen LogP contribution in [0.2, 0.25) is 0 Å². The molecule has 7 heteroatoms. The van der Waals surface area contributed by atoms with Gasteiger partial charge in [0, 0.05) is 12.3 Å². The first-order valence-electron chi connectivity index (χ1n) is 6.13. The van der Waals surface area contributed by atoms with Crippen LogP contribution >= 0.6 is 11.3 Å². The van der Waals surface area contributed by atoms with E-state index in [1.807, 2.05) is 6.92 Å². The molecule has 2 unspecified atom stereocenters. The van der Waals surface area contributed by atoms with Crippen LogP contribution in [0.25, 0.3) is 4.96 Å². The van der Waals surface area contributed by atoms with Crippen LogP contribution in [0.4, 0.5) is 0 Å². The van der Waals surface area contributed by atoms with Crippen molar-refractivity contribution in [1.82, 2.24) is 19.8 Å². The second-order valence-corrected chi connectivity index (χ2v) is 5.64. The van der Waals surface area contributed by atoms with Crippen molar-refractivity contribution in [3.05, 3.63) is 10.8 Å². The molecule has 0 radical (unpaired) electrons. The van der Waals surface area contributed by atoms with Crippen LogP contribution in [0.3, 0.4) is 0 Å². The Kier molecular flexibility index (Phi) is 2.77. The highest BCUT2D eigenvalue weighted by Crippen LogP contribution is 2.39. The number of nitrogens with zero attached hydrogens (tertiary/aromatic N) is 4. The Labute approximate surface area is 108 Å². The van der Waals surface area contributed by atoms with Crippen molar-refractivity contribution in [1.29, 1.82) is 0 Å². The van der Waals surface area contributed by atoms with Gasteiger partial charge in [0.1, 0.15) is 5.01 Å². The van der Waals surface area contributed by atoms with Crippen molar-refractivity contribution in [2.24, 2.45) is 5.92 Å². The lowest BCUT2D eigenvalue weighted by atomic mass is 10.1. The van der Waals surface area contributed by atoms with E-state index < -0.39 is 5.97 Å². The molecule has 0 aromatic carbocycles. The monoisotopic (exact) mass is 266 g/mol. The third kappa shape index (κ3) is 1.78. The summed E-state index contributed by atoms with van der Waals surface area (Å²) in [5.41, 5.74) is 0. The molecule has 18 heavy (non-hydrogen) atoms. The molecule has 96 valence electrons. The first-order chi connectivity index (χ1) is 8.69. The van der Waals surface area contributed by atoms with Gasteiger partial charge in [-0.25, -0.2) is 0 Å². The topological polar surface area (TPSA) is 80.4 Å². The van der Waals surface area contributed by atoms with Gasteiger partial charge in [0.05, 0.1) is 5.92 Å². The number of carbonyl (C=O) groups is 1. The van der Waals surface area contributed by atoms with Gasteiger partial charge >= 0.3 is 5.97 Å². The Balaban J connectivity index is 1.87. The number of aromatic nitrogens is 4. The molecule has 6 nitrogen and oxygen atoms in total. The number of aryl methyl sites for hydroxylation is 1. The maximum Gasteiger partial charge on any atom is 0.306 e. The van der Waals surface area contributed by atoms with Crippen molar-refractivity contribution in [3.63, 3.8) is 0 Å². The standard InChI is InChI=1S/C11H14N4O2S/c1-2-8-12-13-11-15(8)14-9(18-11)6-3-4-7(5-6)10(16)17/h6-7H,2-5H2,1H3,(H,16,17). The van der Waals surface area contributed by atoms with Crippen molar-refractivity contribution in [2.45, 2.75) is 38.5 Å². The van der Waals surface area contributed by atoms with E-state index in [2.05, 4.69) is 15.3 Å². The number of hydrogen-bond donors (Lipinski definition) is 1. The van der Waals surface area contributed by atoms with Gasteiger partial charge in [0.25, 0.3) is 0 Å². The third-order valence-corrected chi connectivity index (χ3v) is 4.58. The summed E-state index contributed by atoms with van der Waals surface area (Å²) in [6.07, 6.45) is 3.15. The average Bonchev–Trinajstić information content (AvgIpc) is 3.02. The Morgan fingerprint density at radius 3 is 3.00 bits per heavy atom. The van der Waals surface area contributed by atoms with Crippen LogP contribution in [-0.2, 0) is 11.2 Å². The Bertz CT molecular complexity index is 591. The summed E-state index contributed by atoms with van der Waals surface area (Å²) < 4.78 is 1.79. The van der Waals surface area contributed by atoms with Gasteiger partial charge in [-0.1, -0.05) is 18.3 Å². The van der Waals surface area contributed by atoms with Gasteiger partial charge in [-0.05, 0) is 19.3 Å². The average molecular weight is 266 g/mol. The number of carboxylic acids is 1. The summed E-state index contributed by atoms with van der Waals surface area (Å²) in [4.78, 5) is 11.8. The summed E-state index contributed by atoms with van der Waals surface area (Å²) in [5.74, 6) is 0.229. The minimum absolute atomic E-state index is 0.213. The molecule has 0 spiro atoms. The maximum atomic E-state index is 11.0. The fraction of sp³-hybridized carbons (Fsp3) is 0.636. The lowest BCUT2D eigenvalue weighted by Gasteiger charge is -2.03. The predicted molar refractivity (Wildman–Crippen MR) is 65.8 cm³/mol. The molecule has 1 saturated carbocycles. The molecule has 0 saturated heterocycles.